The van der Waals surface area contributed by atoms with Crippen LogP contribution in [0.1, 0.15) is 17.5 Å². The summed E-state index contributed by atoms with van der Waals surface area (Å²) in [7, 11) is -1.31. The minimum Gasteiger partial charge on any atom is -0.376 e. The molecule has 138 valence electrons. The first kappa shape index (κ1) is 18.5. The van der Waals surface area contributed by atoms with Gasteiger partial charge in [-0.15, -0.1) is 0 Å². The van der Waals surface area contributed by atoms with Crippen LogP contribution in [0.2, 0.25) is 0 Å². The highest BCUT2D eigenvalue weighted by Gasteiger charge is 2.32. The second kappa shape index (κ2) is 7.91. The van der Waals surface area contributed by atoms with Gasteiger partial charge in [0.15, 0.2) is 9.84 Å². The highest BCUT2D eigenvalue weighted by Crippen LogP contribution is 2.20. The predicted molar refractivity (Wildman–Crippen MR) is 104 cm³/mol. The molecule has 0 aliphatic carbocycles. The van der Waals surface area contributed by atoms with Crippen molar-refractivity contribution in [3.63, 3.8) is 0 Å². The topological polar surface area (TPSA) is 66.5 Å². The van der Waals surface area contributed by atoms with E-state index < -0.39 is 9.84 Å². The molecule has 1 N–H and O–H groups in total. The quantitative estimate of drug-likeness (QED) is 0.845. The van der Waals surface area contributed by atoms with Gasteiger partial charge in [-0.1, -0.05) is 48.5 Å². The summed E-state index contributed by atoms with van der Waals surface area (Å²) in [5.41, 5.74) is 3.26. The van der Waals surface area contributed by atoms with Gasteiger partial charge in [-0.2, -0.15) is 0 Å². The van der Waals surface area contributed by atoms with Gasteiger partial charge in [0.25, 0.3) is 0 Å². The minimum absolute atomic E-state index is 0.0693. The summed E-state index contributed by atoms with van der Waals surface area (Å²) in [6, 6.07) is 17.9. The van der Waals surface area contributed by atoms with E-state index in [9.17, 15) is 13.2 Å². The number of carbonyl (C=O) groups is 1. The highest BCUT2D eigenvalue weighted by atomic mass is 32.2. The summed E-state index contributed by atoms with van der Waals surface area (Å²) in [5.74, 6) is 0.143. The molecule has 1 atom stereocenters. The van der Waals surface area contributed by atoms with Crippen LogP contribution in [0, 0.1) is 0 Å². The molecule has 2 aromatic carbocycles. The Morgan fingerprint density at radius 2 is 1.81 bits per heavy atom. The van der Waals surface area contributed by atoms with E-state index in [-0.39, 0.29) is 30.0 Å². The summed E-state index contributed by atoms with van der Waals surface area (Å²) in [5, 5.41) is 3.22. The van der Waals surface area contributed by atoms with Gasteiger partial charge in [-0.25, -0.2) is 8.42 Å². The second-order valence-corrected chi connectivity index (χ2v) is 8.96. The molecule has 1 aliphatic rings. The van der Waals surface area contributed by atoms with E-state index in [2.05, 4.69) is 17.4 Å². The molecular weight excluding hydrogens is 348 g/mol. The Bertz CT molecular complexity index is 866. The smallest absolute Gasteiger partial charge is 0.241 e. The Hall–Kier alpha value is -2.34. The van der Waals surface area contributed by atoms with Crippen molar-refractivity contribution < 1.29 is 13.2 Å². The van der Waals surface area contributed by atoms with Crippen LogP contribution in [0.15, 0.2) is 54.6 Å². The average molecular weight is 372 g/mol. The van der Waals surface area contributed by atoms with Crippen molar-refractivity contribution in [2.24, 2.45) is 0 Å². The van der Waals surface area contributed by atoms with Crippen molar-refractivity contribution in [1.29, 1.82) is 0 Å². The number of likely N-dealkylation sites (N-methyl/N-ethyl adjacent to an activating group) is 1. The lowest BCUT2D eigenvalue weighted by molar-refractivity contribution is -0.129. The molecule has 0 spiro atoms. The Balaban J connectivity index is 1.62. The number of carbonyl (C=O) groups excluding carboxylic acids is 1. The predicted octanol–water partition coefficient (Wildman–Crippen LogP) is 2.33. The van der Waals surface area contributed by atoms with Gasteiger partial charge < -0.3 is 10.2 Å². The Morgan fingerprint density at radius 1 is 1.12 bits per heavy atom. The van der Waals surface area contributed by atoms with Crippen LogP contribution in [-0.4, -0.2) is 50.4 Å². The molecule has 0 bridgehead atoms. The van der Waals surface area contributed by atoms with E-state index in [4.69, 9.17) is 0 Å². The summed E-state index contributed by atoms with van der Waals surface area (Å²) < 4.78 is 23.2. The molecule has 1 fully saturated rings. The second-order valence-electron chi connectivity index (χ2n) is 6.73. The Labute approximate surface area is 154 Å². The number of hydrogen-bond donors (Lipinski definition) is 1. The van der Waals surface area contributed by atoms with Crippen molar-refractivity contribution in [2.45, 2.75) is 18.9 Å². The standard InChI is InChI=1S/C20H24N2O3S/c1-22(18-11-12-26(24,25)15-18)20(23)14-21-19-10-6-5-9-17(19)13-16-7-3-2-4-8-16/h2-10,18,21H,11-15H2,1H3/t18-/m1/s1. The molecule has 3 rings (SSSR count). The van der Waals surface area contributed by atoms with E-state index in [1.165, 1.54) is 5.56 Å². The molecule has 0 aromatic heterocycles. The van der Waals surface area contributed by atoms with E-state index >= 15 is 0 Å². The van der Waals surface area contributed by atoms with Gasteiger partial charge in [0.05, 0.1) is 18.1 Å². The van der Waals surface area contributed by atoms with Crippen molar-refractivity contribution in [2.75, 3.05) is 30.4 Å². The Kier molecular flexibility index (Phi) is 5.61. The van der Waals surface area contributed by atoms with Gasteiger partial charge in [-0.05, 0) is 30.0 Å². The molecule has 1 amide bonds. The fourth-order valence-electron chi connectivity index (χ4n) is 3.24. The van der Waals surface area contributed by atoms with Crippen LogP contribution in [0.5, 0.6) is 0 Å². The molecule has 1 saturated heterocycles. The molecule has 0 radical (unpaired) electrons. The van der Waals surface area contributed by atoms with Gasteiger partial charge in [0.1, 0.15) is 0 Å². The maximum Gasteiger partial charge on any atom is 0.241 e. The number of benzene rings is 2. The molecule has 1 heterocycles. The minimum atomic E-state index is -3.00. The SMILES string of the molecule is CN(C(=O)CNc1ccccc1Cc1ccccc1)[C@@H]1CCS(=O)(=O)C1. The molecule has 26 heavy (non-hydrogen) atoms. The highest BCUT2D eigenvalue weighted by molar-refractivity contribution is 7.91. The summed E-state index contributed by atoms with van der Waals surface area (Å²) in [4.78, 5) is 14.0. The van der Waals surface area contributed by atoms with Gasteiger partial charge in [0.2, 0.25) is 5.91 Å². The van der Waals surface area contributed by atoms with E-state index in [0.717, 1.165) is 17.7 Å². The third kappa shape index (κ3) is 4.64. The fourth-order valence-corrected chi connectivity index (χ4v) is 5.02. The Morgan fingerprint density at radius 3 is 2.50 bits per heavy atom. The number of rotatable bonds is 6. The monoisotopic (exact) mass is 372 g/mol. The van der Waals surface area contributed by atoms with E-state index in [0.29, 0.717) is 6.42 Å². The molecule has 0 saturated carbocycles. The molecule has 6 heteroatoms. The first-order valence-electron chi connectivity index (χ1n) is 8.76. The normalized spacial score (nSPS) is 18.4. The molecular formula is C20H24N2O3S. The first-order chi connectivity index (χ1) is 12.4. The zero-order valence-corrected chi connectivity index (χ0v) is 15.7. The van der Waals surface area contributed by atoms with Gasteiger partial charge in [0, 0.05) is 18.8 Å². The zero-order valence-electron chi connectivity index (χ0n) is 14.9. The summed E-state index contributed by atoms with van der Waals surface area (Å²) in [6.07, 6.45) is 1.31. The summed E-state index contributed by atoms with van der Waals surface area (Å²) in [6.45, 7) is 0.152. The van der Waals surface area contributed by atoms with Gasteiger partial charge in [-0.3, -0.25) is 4.79 Å². The number of anilines is 1. The number of hydrogen-bond acceptors (Lipinski definition) is 4. The first-order valence-corrected chi connectivity index (χ1v) is 10.6. The van der Waals surface area contributed by atoms with Crippen molar-refractivity contribution in [3.8, 4) is 0 Å². The maximum absolute atomic E-state index is 12.5. The number of nitrogens with one attached hydrogen (secondary N) is 1. The summed E-state index contributed by atoms with van der Waals surface area (Å²) >= 11 is 0. The van der Waals surface area contributed by atoms with Crippen LogP contribution in [0.3, 0.4) is 0 Å². The number of para-hydroxylation sites is 1. The molecule has 5 nitrogen and oxygen atoms in total. The van der Waals surface area contributed by atoms with Crippen molar-refractivity contribution in [1.82, 2.24) is 4.90 Å². The van der Waals surface area contributed by atoms with Crippen LogP contribution < -0.4 is 5.32 Å². The van der Waals surface area contributed by atoms with Crippen LogP contribution in [0.4, 0.5) is 5.69 Å². The third-order valence-corrected chi connectivity index (χ3v) is 6.58. The lowest BCUT2D eigenvalue weighted by atomic mass is 10.0. The zero-order chi connectivity index (χ0) is 18.6. The molecule has 2 aromatic rings. The fraction of sp³-hybridized carbons (Fsp3) is 0.350. The lowest BCUT2D eigenvalue weighted by Crippen LogP contribution is -2.41. The molecule has 1 aliphatic heterocycles. The largest absolute Gasteiger partial charge is 0.376 e. The van der Waals surface area contributed by atoms with Gasteiger partial charge >= 0.3 is 0 Å². The van der Waals surface area contributed by atoms with E-state index in [1.54, 1.807) is 11.9 Å². The average Bonchev–Trinajstić information content (AvgIpc) is 3.01. The third-order valence-electron chi connectivity index (χ3n) is 4.83. The number of amides is 1. The van der Waals surface area contributed by atoms with E-state index in [1.807, 2.05) is 42.5 Å². The van der Waals surface area contributed by atoms with Crippen LogP contribution in [-0.2, 0) is 21.1 Å². The number of sulfone groups is 1. The van der Waals surface area contributed by atoms with Crippen LogP contribution in [0.25, 0.3) is 0 Å². The lowest BCUT2D eigenvalue weighted by Gasteiger charge is -2.24. The van der Waals surface area contributed by atoms with Crippen LogP contribution >= 0.6 is 0 Å². The number of nitrogens with zero attached hydrogens (tertiary/aromatic N) is 1. The maximum atomic E-state index is 12.5. The van der Waals surface area contributed by atoms with Crippen molar-refractivity contribution in [3.05, 3.63) is 65.7 Å². The molecule has 0 unspecified atom stereocenters. The van der Waals surface area contributed by atoms with Crippen molar-refractivity contribution >= 4 is 21.4 Å².